The first-order valence-corrected chi connectivity index (χ1v) is 12.4. The predicted octanol–water partition coefficient (Wildman–Crippen LogP) is 5.43. The molecule has 0 saturated heterocycles. The molecule has 0 spiro atoms. The van der Waals surface area contributed by atoms with Crippen LogP contribution in [0.15, 0.2) is 0 Å². The van der Waals surface area contributed by atoms with Gasteiger partial charge in [-0.15, -0.1) is 0 Å². The fourth-order valence-corrected chi connectivity index (χ4v) is 6.36. The minimum absolute atomic E-state index is 0.230. The zero-order valence-electron chi connectivity index (χ0n) is 16.4. The lowest BCUT2D eigenvalue weighted by atomic mass is 10.1. The fourth-order valence-electron chi connectivity index (χ4n) is 2.82. The third-order valence-corrected chi connectivity index (χ3v) is 7.92. The van der Waals surface area contributed by atoms with Crippen LogP contribution in [-0.4, -0.2) is 39.0 Å². The summed E-state index contributed by atoms with van der Waals surface area (Å²) in [4.78, 5) is 11.0. The Kier molecular flexibility index (Phi) is 15.5. The zero-order chi connectivity index (χ0) is 18.3. The van der Waals surface area contributed by atoms with E-state index in [2.05, 4.69) is 6.92 Å². The van der Waals surface area contributed by atoms with Crippen LogP contribution in [-0.2, 0) is 18.1 Å². The van der Waals surface area contributed by atoms with Crippen LogP contribution < -0.4 is 0 Å². The summed E-state index contributed by atoms with van der Waals surface area (Å²) in [5, 5.41) is 0.686. The quantitative estimate of drug-likeness (QED) is 0.264. The Morgan fingerprint density at radius 1 is 0.875 bits per heavy atom. The number of rotatable bonds is 16. The van der Waals surface area contributed by atoms with Gasteiger partial charge in [0.15, 0.2) is 5.12 Å². The largest absolute Gasteiger partial charge is 0.500 e. The first kappa shape index (κ1) is 24.1. The maximum absolute atomic E-state index is 11.0. The van der Waals surface area contributed by atoms with Crippen molar-refractivity contribution in [2.75, 3.05) is 19.8 Å². The zero-order valence-corrected chi connectivity index (χ0v) is 18.2. The van der Waals surface area contributed by atoms with E-state index < -0.39 is 8.80 Å². The van der Waals surface area contributed by atoms with Crippen LogP contribution in [0.1, 0.15) is 79.6 Å². The van der Waals surface area contributed by atoms with Crippen molar-refractivity contribution in [3.8, 4) is 0 Å². The highest BCUT2D eigenvalue weighted by atomic mass is 32.2. The van der Waals surface area contributed by atoms with E-state index in [0.717, 1.165) is 18.9 Å². The van der Waals surface area contributed by atoms with Gasteiger partial charge in [0.25, 0.3) is 0 Å². The second-order valence-corrected chi connectivity index (χ2v) is 10.4. The molecule has 24 heavy (non-hydrogen) atoms. The first-order valence-electron chi connectivity index (χ1n) is 9.58. The van der Waals surface area contributed by atoms with Gasteiger partial charge in [-0.2, -0.15) is 0 Å². The summed E-state index contributed by atoms with van der Waals surface area (Å²) >= 11 is 1.47. The van der Waals surface area contributed by atoms with Gasteiger partial charge < -0.3 is 13.3 Å². The number of hydrogen-bond donors (Lipinski definition) is 0. The molecular formula is C18H38O4SSi. The van der Waals surface area contributed by atoms with E-state index in [-0.39, 0.29) is 5.12 Å². The molecule has 0 bridgehead atoms. The third-order valence-electron chi connectivity index (χ3n) is 3.80. The molecule has 1 unspecified atom stereocenters. The lowest BCUT2D eigenvalue weighted by molar-refractivity contribution is -0.109. The number of unbranched alkanes of at least 4 members (excludes halogenated alkanes) is 5. The standard InChI is InChI=1S/C18H38O4SSi/c1-6-20-24(21-7-2,22-8-3)16-14-12-10-9-11-13-15-17(4)23-18(5)19/h17H,6-16H2,1-5H3. The Balaban J connectivity index is 3.79. The highest BCUT2D eigenvalue weighted by Crippen LogP contribution is 2.22. The van der Waals surface area contributed by atoms with E-state index in [1.807, 2.05) is 20.8 Å². The molecule has 0 heterocycles. The molecule has 0 fully saturated rings. The van der Waals surface area contributed by atoms with E-state index in [1.54, 1.807) is 6.92 Å². The molecule has 0 aromatic carbocycles. The summed E-state index contributed by atoms with van der Waals surface area (Å²) in [6, 6.07) is 0.925. The van der Waals surface area contributed by atoms with Crippen molar-refractivity contribution in [1.29, 1.82) is 0 Å². The van der Waals surface area contributed by atoms with Gasteiger partial charge in [0, 0.05) is 38.0 Å². The van der Waals surface area contributed by atoms with Crippen molar-refractivity contribution in [3.05, 3.63) is 0 Å². The maximum atomic E-state index is 11.0. The second kappa shape index (κ2) is 15.4. The second-order valence-electron chi connectivity index (χ2n) is 6.06. The molecule has 0 rings (SSSR count). The monoisotopic (exact) mass is 378 g/mol. The minimum Gasteiger partial charge on any atom is -0.374 e. The molecule has 1 atom stereocenters. The van der Waals surface area contributed by atoms with Crippen molar-refractivity contribution in [1.82, 2.24) is 0 Å². The van der Waals surface area contributed by atoms with Crippen molar-refractivity contribution >= 4 is 25.7 Å². The topological polar surface area (TPSA) is 44.8 Å². The Hall–Kier alpha value is 0.117. The Bertz CT molecular complexity index is 298. The summed E-state index contributed by atoms with van der Waals surface area (Å²) in [5.74, 6) is 0. The van der Waals surface area contributed by atoms with Crippen LogP contribution in [0.3, 0.4) is 0 Å². The fraction of sp³-hybridized carbons (Fsp3) is 0.944. The molecule has 6 heteroatoms. The minimum atomic E-state index is -2.44. The van der Waals surface area contributed by atoms with E-state index in [1.165, 1.54) is 43.9 Å². The normalized spacial score (nSPS) is 13.2. The molecule has 0 aliphatic rings. The van der Waals surface area contributed by atoms with E-state index in [4.69, 9.17) is 13.3 Å². The molecule has 0 aromatic heterocycles. The van der Waals surface area contributed by atoms with Gasteiger partial charge in [-0.05, 0) is 33.6 Å². The van der Waals surface area contributed by atoms with Crippen LogP contribution in [0.25, 0.3) is 0 Å². The summed E-state index contributed by atoms with van der Waals surface area (Å²) in [6.45, 7) is 11.8. The lowest BCUT2D eigenvalue weighted by Gasteiger charge is -2.28. The van der Waals surface area contributed by atoms with E-state index >= 15 is 0 Å². The smallest absolute Gasteiger partial charge is 0.374 e. The Morgan fingerprint density at radius 2 is 1.33 bits per heavy atom. The van der Waals surface area contributed by atoms with Crippen LogP contribution in [0.4, 0.5) is 0 Å². The summed E-state index contributed by atoms with van der Waals surface area (Å²) in [6.07, 6.45) is 8.46. The van der Waals surface area contributed by atoms with Crippen molar-refractivity contribution in [3.63, 3.8) is 0 Å². The molecular weight excluding hydrogens is 340 g/mol. The third kappa shape index (κ3) is 12.5. The van der Waals surface area contributed by atoms with Gasteiger partial charge in [0.05, 0.1) is 0 Å². The number of thioether (sulfide) groups is 1. The number of carbonyl (C=O) groups excluding carboxylic acids is 1. The SMILES string of the molecule is CCO[Si](CCCCCCCCC(C)SC(C)=O)(OCC)OCC. The van der Waals surface area contributed by atoms with Gasteiger partial charge >= 0.3 is 8.80 Å². The molecule has 0 amide bonds. The number of hydrogen-bond acceptors (Lipinski definition) is 5. The molecule has 0 aliphatic heterocycles. The molecule has 4 nitrogen and oxygen atoms in total. The van der Waals surface area contributed by atoms with Gasteiger partial charge in [-0.3, -0.25) is 4.79 Å². The molecule has 144 valence electrons. The van der Waals surface area contributed by atoms with Crippen LogP contribution >= 0.6 is 11.8 Å². The lowest BCUT2D eigenvalue weighted by Crippen LogP contribution is -2.45. The van der Waals surface area contributed by atoms with E-state index in [0.29, 0.717) is 25.1 Å². The van der Waals surface area contributed by atoms with Gasteiger partial charge in [0.1, 0.15) is 0 Å². The van der Waals surface area contributed by atoms with Crippen molar-refractivity contribution in [2.24, 2.45) is 0 Å². The Labute approximate surface area is 154 Å². The average molecular weight is 379 g/mol. The average Bonchev–Trinajstić information content (AvgIpc) is 2.50. The van der Waals surface area contributed by atoms with Gasteiger partial charge in [-0.1, -0.05) is 50.8 Å². The summed E-state index contributed by atoms with van der Waals surface area (Å²) in [5.41, 5.74) is 0. The molecule has 0 aliphatic carbocycles. The van der Waals surface area contributed by atoms with Crippen LogP contribution in [0.5, 0.6) is 0 Å². The van der Waals surface area contributed by atoms with E-state index in [9.17, 15) is 4.79 Å². The summed E-state index contributed by atoms with van der Waals surface area (Å²) < 4.78 is 17.6. The van der Waals surface area contributed by atoms with Crippen LogP contribution in [0.2, 0.25) is 6.04 Å². The highest BCUT2D eigenvalue weighted by Gasteiger charge is 2.39. The van der Waals surface area contributed by atoms with Crippen molar-refractivity contribution in [2.45, 2.75) is 90.9 Å². The molecule has 0 saturated carbocycles. The van der Waals surface area contributed by atoms with Gasteiger partial charge in [-0.25, -0.2) is 0 Å². The Morgan fingerprint density at radius 3 is 1.79 bits per heavy atom. The molecule has 0 aromatic rings. The molecule has 0 radical (unpaired) electrons. The molecule has 0 N–H and O–H groups in total. The van der Waals surface area contributed by atoms with Gasteiger partial charge in [0.2, 0.25) is 0 Å². The van der Waals surface area contributed by atoms with Crippen molar-refractivity contribution < 1.29 is 18.1 Å². The first-order chi connectivity index (χ1) is 11.5. The maximum Gasteiger partial charge on any atom is 0.500 e. The highest BCUT2D eigenvalue weighted by molar-refractivity contribution is 8.14. The predicted molar refractivity (Wildman–Crippen MR) is 105 cm³/mol. The number of carbonyl (C=O) groups is 1. The van der Waals surface area contributed by atoms with Crippen LogP contribution in [0, 0.1) is 0 Å². The summed E-state index contributed by atoms with van der Waals surface area (Å²) in [7, 11) is -2.44.